The second-order valence-corrected chi connectivity index (χ2v) is 4.47. The Morgan fingerprint density at radius 2 is 2.38 bits per heavy atom. The van der Waals surface area contributed by atoms with Crippen LogP contribution in [0.3, 0.4) is 0 Å². The largest absolute Gasteiger partial charge is 0.463 e. The van der Waals surface area contributed by atoms with Crippen LogP contribution in [0.15, 0.2) is 16.7 Å². The molecule has 2 nitrogen and oxygen atoms in total. The average molecular weight is 192 g/mol. The van der Waals surface area contributed by atoms with E-state index in [9.17, 15) is 4.79 Å². The maximum atomic E-state index is 10.8. The summed E-state index contributed by atoms with van der Waals surface area (Å²) in [5.74, 6) is 0.583. The summed E-state index contributed by atoms with van der Waals surface area (Å²) in [6, 6.07) is 1.93. The van der Waals surface area contributed by atoms with Crippen LogP contribution in [0.4, 0.5) is 0 Å². The van der Waals surface area contributed by atoms with E-state index in [1.54, 1.807) is 6.26 Å². The third-order valence-corrected chi connectivity index (χ3v) is 3.53. The van der Waals surface area contributed by atoms with E-state index in [4.69, 9.17) is 4.42 Å². The van der Waals surface area contributed by atoms with E-state index in [2.05, 4.69) is 0 Å². The van der Waals surface area contributed by atoms with E-state index in [-0.39, 0.29) is 0 Å². The third kappa shape index (κ3) is 0.968. The molecule has 0 unspecified atom stereocenters. The van der Waals surface area contributed by atoms with Crippen LogP contribution in [-0.2, 0) is 0 Å². The molecule has 0 aromatic carbocycles. The lowest BCUT2D eigenvalue weighted by atomic mass is 10.1. The molecular weight excluding hydrogens is 184 g/mol. The summed E-state index contributed by atoms with van der Waals surface area (Å²) >= 11 is 1.54. The van der Waals surface area contributed by atoms with Crippen LogP contribution in [0.1, 0.15) is 34.0 Å². The molecule has 1 aliphatic rings. The van der Waals surface area contributed by atoms with Crippen molar-refractivity contribution < 1.29 is 9.21 Å². The molecule has 0 radical (unpaired) electrons. The van der Waals surface area contributed by atoms with Gasteiger partial charge in [-0.1, -0.05) is 0 Å². The molecule has 66 valence electrons. The Bertz CT molecular complexity index is 462. The highest BCUT2D eigenvalue weighted by Gasteiger charge is 2.30. The van der Waals surface area contributed by atoms with Crippen molar-refractivity contribution in [2.45, 2.75) is 18.8 Å². The van der Waals surface area contributed by atoms with Crippen LogP contribution in [0, 0.1) is 0 Å². The number of carbonyl (C=O) groups is 1. The predicted molar refractivity (Wildman–Crippen MR) is 51.5 cm³/mol. The first-order chi connectivity index (χ1) is 6.40. The second-order valence-electron chi connectivity index (χ2n) is 3.39. The Balaban J connectivity index is 2.33. The molecule has 2 aromatic heterocycles. The van der Waals surface area contributed by atoms with Gasteiger partial charge in [0.05, 0.1) is 15.8 Å². The van der Waals surface area contributed by atoms with Crippen LogP contribution in [0.25, 0.3) is 10.3 Å². The van der Waals surface area contributed by atoms with Gasteiger partial charge in [0.15, 0.2) is 6.29 Å². The zero-order valence-electron chi connectivity index (χ0n) is 6.95. The Kier molecular flexibility index (Phi) is 1.38. The van der Waals surface area contributed by atoms with Crippen LogP contribution in [0.5, 0.6) is 0 Å². The average Bonchev–Trinajstić information content (AvgIpc) is 2.77. The van der Waals surface area contributed by atoms with Crippen molar-refractivity contribution in [3.8, 4) is 0 Å². The van der Waals surface area contributed by atoms with Crippen molar-refractivity contribution >= 4 is 27.9 Å². The first-order valence-corrected chi connectivity index (χ1v) is 5.17. The molecule has 0 atom stereocenters. The fourth-order valence-electron chi connectivity index (χ4n) is 1.71. The number of fused-ring (bicyclic) bond motifs is 1. The fourth-order valence-corrected chi connectivity index (χ4v) is 2.73. The van der Waals surface area contributed by atoms with Gasteiger partial charge in [-0.05, 0) is 24.8 Å². The van der Waals surface area contributed by atoms with Gasteiger partial charge in [-0.25, -0.2) is 0 Å². The van der Waals surface area contributed by atoms with E-state index in [1.165, 1.54) is 24.2 Å². The highest BCUT2D eigenvalue weighted by atomic mass is 32.1. The Morgan fingerprint density at radius 1 is 1.54 bits per heavy atom. The number of hydrogen-bond acceptors (Lipinski definition) is 3. The summed E-state index contributed by atoms with van der Waals surface area (Å²) in [6.07, 6.45) is 5.05. The van der Waals surface area contributed by atoms with Crippen LogP contribution < -0.4 is 0 Å². The molecule has 2 aromatic rings. The molecule has 0 aliphatic heterocycles. The molecule has 0 spiro atoms. The monoisotopic (exact) mass is 192 g/mol. The second kappa shape index (κ2) is 2.45. The van der Waals surface area contributed by atoms with Gasteiger partial charge in [-0.15, -0.1) is 11.3 Å². The van der Waals surface area contributed by atoms with Crippen molar-refractivity contribution in [2.24, 2.45) is 0 Å². The standard InChI is InChI=1S/C10H8O2S/c11-5-8-9(6-1-2-6)10-7(13-8)3-4-12-10/h3-6H,1-2H2. The highest BCUT2D eigenvalue weighted by molar-refractivity contribution is 7.20. The predicted octanol–water partition coefficient (Wildman–Crippen LogP) is 3.18. The Labute approximate surface area is 79.2 Å². The topological polar surface area (TPSA) is 30.2 Å². The summed E-state index contributed by atoms with van der Waals surface area (Å²) in [4.78, 5) is 11.7. The lowest BCUT2D eigenvalue weighted by molar-refractivity contribution is 0.112. The maximum Gasteiger partial charge on any atom is 0.160 e. The van der Waals surface area contributed by atoms with Gasteiger partial charge in [0, 0.05) is 5.56 Å². The quantitative estimate of drug-likeness (QED) is 0.684. The molecule has 3 heteroatoms. The van der Waals surface area contributed by atoms with Crippen LogP contribution >= 0.6 is 11.3 Å². The highest BCUT2D eigenvalue weighted by Crippen LogP contribution is 2.47. The number of thiophene rings is 1. The molecule has 1 saturated carbocycles. The van der Waals surface area contributed by atoms with Crippen molar-refractivity contribution in [1.29, 1.82) is 0 Å². The van der Waals surface area contributed by atoms with E-state index in [1.807, 2.05) is 6.07 Å². The molecule has 1 fully saturated rings. The number of hydrogen-bond donors (Lipinski definition) is 0. The van der Waals surface area contributed by atoms with Crippen molar-refractivity contribution in [1.82, 2.24) is 0 Å². The van der Waals surface area contributed by atoms with E-state index < -0.39 is 0 Å². The van der Waals surface area contributed by atoms with E-state index in [0.717, 1.165) is 27.0 Å². The number of furan rings is 1. The lowest BCUT2D eigenvalue weighted by Gasteiger charge is -1.92. The number of rotatable bonds is 2. The van der Waals surface area contributed by atoms with Gasteiger partial charge < -0.3 is 4.42 Å². The Hall–Kier alpha value is -1.09. The summed E-state index contributed by atoms with van der Waals surface area (Å²) in [5.41, 5.74) is 2.09. The van der Waals surface area contributed by atoms with Crippen molar-refractivity contribution in [2.75, 3.05) is 0 Å². The molecule has 0 amide bonds. The zero-order chi connectivity index (χ0) is 8.84. The molecular formula is C10H8O2S. The molecule has 0 N–H and O–H groups in total. The maximum absolute atomic E-state index is 10.8. The van der Waals surface area contributed by atoms with Crippen molar-refractivity contribution in [3.05, 3.63) is 22.8 Å². The first-order valence-electron chi connectivity index (χ1n) is 4.35. The molecule has 3 rings (SSSR count). The minimum absolute atomic E-state index is 0.583. The fraction of sp³-hybridized carbons (Fsp3) is 0.300. The van der Waals surface area contributed by atoms with Crippen LogP contribution in [0.2, 0.25) is 0 Å². The summed E-state index contributed by atoms with van der Waals surface area (Å²) < 4.78 is 6.49. The Morgan fingerprint density at radius 3 is 3.08 bits per heavy atom. The van der Waals surface area contributed by atoms with Gasteiger partial charge in [-0.2, -0.15) is 0 Å². The molecule has 0 saturated heterocycles. The minimum Gasteiger partial charge on any atom is -0.463 e. The van der Waals surface area contributed by atoms with Gasteiger partial charge in [0.25, 0.3) is 0 Å². The summed E-state index contributed by atoms with van der Waals surface area (Å²) in [5, 5.41) is 0. The van der Waals surface area contributed by atoms with Gasteiger partial charge in [-0.3, -0.25) is 4.79 Å². The summed E-state index contributed by atoms with van der Waals surface area (Å²) in [7, 11) is 0. The molecule has 13 heavy (non-hydrogen) atoms. The molecule has 2 heterocycles. The van der Waals surface area contributed by atoms with Gasteiger partial charge in [0.1, 0.15) is 5.58 Å². The first kappa shape index (κ1) is 7.33. The molecule has 1 aliphatic carbocycles. The smallest absolute Gasteiger partial charge is 0.160 e. The zero-order valence-corrected chi connectivity index (χ0v) is 7.76. The van der Waals surface area contributed by atoms with Crippen LogP contribution in [-0.4, -0.2) is 6.29 Å². The van der Waals surface area contributed by atoms with E-state index in [0.29, 0.717) is 5.92 Å². The van der Waals surface area contributed by atoms with Gasteiger partial charge >= 0.3 is 0 Å². The molecule has 0 bridgehead atoms. The normalized spacial score (nSPS) is 16.6. The van der Waals surface area contributed by atoms with Gasteiger partial charge in [0.2, 0.25) is 0 Å². The minimum atomic E-state index is 0.583. The number of carbonyl (C=O) groups excluding carboxylic acids is 1. The SMILES string of the molecule is O=Cc1sc2ccoc2c1C1CC1. The third-order valence-electron chi connectivity index (χ3n) is 2.45. The lowest BCUT2D eigenvalue weighted by Crippen LogP contribution is -1.81. The summed E-state index contributed by atoms with van der Waals surface area (Å²) in [6.45, 7) is 0. The van der Waals surface area contributed by atoms with E-state index >= 15 is 0 Å². The number of aldehydes is 1. The van der Waals surface area contributed by atoms with Crippen molar-refractivity contribution in [3.63, 3.8) is 0 Å².